The van der Waals surface area contributed by atoms with Gasteiger partial charge in [0.2, 0.25) is 8.83 Å². The first-order valence-corrected chi connectivity index (χ1v) is 4.84. The van der Waals surface area contributed by atoms with Gasteiger partial charge in [0, 0.05) is 5.02 Å². The van der Waals surface area contributed by atoms with E-state index < -0.39 is 0 Å². The summed E-state index contributed by atoms with van der Waals surface area (Å²) in [7, 11) is 0.340. The molecule has 9 heavy (non-hydrogen) atoms. The monoisotopic (exact) mass is 174 g/mol. The van der Waals surface area contributed by atoms with E-state index in [1.807, 2.05) is 24.3 Å². The minimum Gasteiger partial charge on any atom is -0.165 e. The van der Waals surface area contributed by atoms with E-state index in [0.717, 1.165) is 10.2 Å². The standard InChI is InChI=1S/C6H4Cl2Si/c7-5-1-3-6(9-8)4-2-5/h1-4H. The first-order valence-electron chi connectivity index (χ1n) is 2.45. The summed E-state index contributed by atoms with van der Waals surface area (Å²) in [5.74, 6) is 0. The van der Waals surface area contributed by atoms with Gasteiger partial charge in [0.05, 0.1) is 0 Å². The van der Waals surface area contributed by atoms with Crippen LogP contribution in [0.25, 0.3) is 0 Å². The lowest BCUT2D eigenvalue weighted by atomic mass is 10.4. The van der Waals surface area contributed by atoms with Gasteiger partial charge in [-0.2, -0.15) is 11.1 Å². The van der Waals surface area contributed by atoms with Gasteiger partial charge in [-0.1, -0.05) is 23.7 Å². The van der Waals surface area contributed by atoms with Gasteiger partial charge in [-0.05, 0) is 17.3 Å². The zero-order valence-corrected chi connectivity index (χ0v) is 7.08. The van der Waals surface area contributed by atoms with Crippen molar-refractivity contribution in [1.29, 1.82) is 0 Å². The molecule has 0 saturated heterocycles. The molecule has 0 amide bonds. The molecule has 0 bridgehead atoms. The molecule has 0 fully saturated rings. The van der Waals surface area contributed by atoms with Crippen molar-refractivity contribution in [3.8, 4) is 0 Å². The number of hydrogen-bond donors (Lipinski definition) is 0. The fraction of sp³-hybridized carbons (Fsp3) is 0. The third kappa shape index (κ3) is 2.01. The average Bonchev–Trinajstić information content (AvgIpc) is 1.90. The highest BCUT2D eigenvalue weighted by Crippen LogP contribution is 2.03. The van der Waals surface area contributed by atoms with Crippen LogP contribution < -0.4 is 5.19 Å². The molecule has 46 valence electrons. The summed E-state index contributed by atoms with van der Waals surface area (Å²) in [6, 6.07) is 7.53. The summed E-state index contributed by atoms with van der Waals surface area (Å²) in [4.78, 5) is 0. The van der Waals surface area contributed by atoms with Crippen LogP contribution in [0.2, 0.25) is 5.02 Å². The maximum atomic E-state index is 5.63. The van der Waals surface area contributed by atoms with E-state index in [0.29, 0.717) is 8.83 Å². The molecule has 0 heterocycles. The third-order valence-corrected chi connectivity index (χ3v) is 2.41. The summed E-state index contributed by atoms with van der Waals surface area (Å²) in [6.07, 6.45) is 0. The van der Waals surface area contributed by atoms with Crippen LogP contribution in [0.5, 0.6) is 0 Å². The molecule has 0 N–H and O–H groups in total. The minimum atomic E-state index is 0.340. The zero-order chi connectivity index (χ0) is 6.69. The Balaban J connectivity index is 2.88. The van der Waals surface area contributed by atoms with Crippen molar-refractivity contribution in [3.05, 3.63) is 29.3 Å². The maximum Gasteiger partial charge on any atom is 0.210 e. The predicted octanol–water partition coefficient (Wildman–Crippen LogP) is 1.82. The van der Waals surface area contributed by atoms with Gasteiger partial charge in [0.1, 0.15) is 0 Å². The summed E-state index contributed by atoms with van der Waals surface area (Å²) >= 11 is 11.2. The van der Waals surface area contributed by atoms with E-state index >= 15 is 0 Å². The van der Waals surface area contributed by atoms with Gasteiger partial charge in [-0.3, -0.25) is 0 Å². The van der Waals surface area contributed by atoms with Crippen LogP contribution in [-0.4, -0.2) is 8.83 Å². The van der Waals surface area contributed by atoms with Gasteiger partial charge in [-0.25, -0.2) is 0 Å². The Hall–Kier alpha value is 0.0169. The van der Waals surface area contributed by atoms with Crippen LogP contribution in [0.15, 0.2) is 24.3 Å². The minimum absolute atomic E-state index is 0.340. The SMILES string of the molecule is Cl[Si]c1ccc(Cl)cc1. The van der Waals surface area contributed by atoms with Gasteiger partial charge in [-0.15, -0.1) is 0 Å². The normalized spacial score (nSPS) is 9.56. The molecule has 0 aromatic heterocycles. The van der Waals surface area contributed by atoms with Crippen LogP contribution >= 0.6 is 22.7 Å². The molecule has 0 aliphatic rings. The van der Waals surface area contributed by atoms with Gasteiger partial charge in [0.25, 0.3) is 0 Å². The molecule has 1 rings (SSSR count). The Labute approximate surface area is 66.3 Å². The van der Waals surface area contributed by atoms with Crippen LogP contribution in [0, 0.1) is 0 Å². The number of rotatable bonds is 1. The van der Waals surface area contributed by atoms with E-state index in [1.54, 1.807) is 0 Å². The van der Waals surface area contributed by atoms with E-state index in [9.17, 15) is 0 Å². The number of hydrogen-bond acceptors (Lipinski definition) is 0. The molecule has 0 atom stereocenters. The van der Waals surface area contributed by atoms with E-state index in [2.05, 4.69) is 0 Å². The van der Waals surface area contributed by atoms with Crippen molar-refractivity contribution in [2.45, 2.75) is 0 Å². The largest absolute Gasteiger partial charge is 0.210 e. The van der Waals surface area contributed by atoms with Crippen molar-refractivity contribution in [2.24, 2.45) is 0 Å². The predicted molar refractivity (Wildman–Crippen MR) is 42.7 cm³/mol. The summed E-state index contributed by atoms with van der Waals surface area (Å²) in [6.45, 7) is 0. The highest BCUT2D eigenvalue weighted by molar-refractivity contribution is 7.01. The van der Waals surface area contributed by atoms with Crippen molar-refractivity contribution in [1.82, 2.24) is 0 Å². The van der Waals surface area contributed by atoms with Crippen molar-refractivity contribution in [2.75, 3.05) is 0 Å². The Morgan fingerprint density at radius 3 is 2.11 bits per heavy atom. The maximum absolute atomic E-state index is 5.63. The Morgan fingerprint density at radius 2 is 1.67 bits per heavy atom. The Morgan fingerprint density at radius 1 is 1.11 bits per heavy atom. The van der Waals surface area contributed by atoms with Gasteiger partial charge in [0.15, 0.2) is 0 Å². The van der Waals surface area contributed by atoms with Crippen LogP contribution in [0.4, 0.5) is 0 Å². The van der Waals surface area contributed by atoms with Crippen molar-refractivity contribution < 1.29 is 0 Å². The van der Waals surface area contributed by atoms with E-state index in [4.69, 9.17) is 22.7 Å². The topological polar surface area (TPSA) is 0 Å². The summed E-state index contributed by atoms with van der Waals surface area (Å²) in [5.41, 5.74) is 0. The molecule has 2 radical (unpaired) electrons. The second-order valence-electron chi connectivity index (χ2n) is 1.60. The van der Waals surface area contributed by atoms with Crippen LogP contribution in [0.1, 0.15) is 0 Å². The number of halogens is 2. The second kappa shape index (κ2) is 3.25. The third-order valence-electron chi connectivity index (χ3n) is 0.953. The molecule has 0 nitrogen and oxygen atoms in total. The molecule has 3 heteroatoms. The van der Waals surface area contributed by atoms with E-state index in [-0.39, 0.29) is 0 Å². The first-order chi connectivity index (χ1) is 4.33. The Kier molecular flexibility index (Phi) is 2.58. The van der Waals surface area contributed by atoms with Gasteiger partial charge >= 0.3 is 0 Å². The molecular formula is C6H4Cl2Si. The highest BCUT2D eigenvalue weighted by atomic mass is 35.6. The molecule has 0 saturated carbocycles. The smallest absolute Gasteiger partial charge is 0.165 e. The van der Waals surface area contributed by atoms with Gasteiger partial charge < -0.3 is 0 Å². The Bertz CT molecular complexity index is 183. The van der Waals surface area contributed by atoms with Crippen LogP contribution in [0.3, 0.4) is 0 Å². The highest BCUT2D eigenvalue weighted by Gasteiger charge is 1.89. The second-order valence-corrected chi connectivity index (χ2v) is 3.37. The molecule has 0 aliphatic carbocycles. The van der Waals surface area contributed by atoms with Crippen molar-refractivity contribution >= 4 is 36.7 Å². The molecule has 1 aromatic rings. The first kappa shape index (κ1) is 7.13. The molecule has 0 unspecified atom stereocenters. The van der Waals surface area contributed by atoms with Crippen LogP contribution in [-0.2, 0) is 0 Å². The molecule has 0 aliphatic heterocycles. The average molecular weight is 175 g/mol. The fourth-order valence-electron chi connectivity index (χ4n) is 0.513. The van der Waals surface area contributed by atoms with E-state index in [1.165, 1.54) is 0 Å². The summed E-state index contributed by atoms with van der Waals surface area (Å²) in [5, 5.41) is 1.88. The summed E-state index contributed by atoms with van der Waals surface area (Å²) < 4.78 is 0. The fourth-order valence-corrected chi connectivity index (χ4v) is 1.31. The molecular weight excluding hydrogens is 171 g/mol. The zero-order valence-electron chi connectivity index (χ0n) is 4.57. The molecule has 0 spiro atoms. The number of benzene rings is 1. The lowest BCUT2D eigenvalue weighted by Crippen LogP contribution is -2.06. The lowest BCUT2D eigenvalue weighted by molar-refractivity contribution is 1.77. The van der Waals surface area contributed by atoms with Crippen molar-refractivity contribution in [3.63, 3.8) is 0 Å². The quantitative estimate of drug-likeness (QED) is 0.451. The molecule has 1 aromatic carbocycles. The lowest BCUT2D eigenvalue weighted by Gasteiger charge is -1.90.